The summed E-state index contributed by atoms with van der Waals surface area (Å²) in [5.74, 6) is -0.637. The van der Waals surface area contributed by atoms with Gasteiger partial charge in [-0.05, 0) is 49.9 Å². The van der Waals surface area contributed by atoms with Gasteiger partial charge in [0.15, 0.2) is 9.84 Å². The lowest BCUT2D eigenvalue weighted by Gasteiger charge is -2.21. The van der Waals surface area contributed by atoms with Crippen LogP contribution in [0.3, 0.4) is 0 Å². The molecule has 0 bridgehead atoms. The number of carboxylic acid groups (broad SMARTS) is 1. The van der Waals surface area contributed by atoms with Crippen molar-refractivity contribution in [2.75, 3.05) is 6.54 Å². The Morgan fingerprint density at radius 1 is 1.41 bits per heavy atom. The normalized spacial score (nSPS) is 23.5. The van der Waals surface area contributed by atoms with Gasteiger partial charge in [0.1, 0.15) is 11.6 Å². The van der Waals surface area contributed by atoms with Gasteiger partial charge in [0, 0.05) is 11.6 Å². The summed E-state index contributed by atoms with van der Waals surface area (Å²) in [5, 5.41) is 20.4. The number of halogens is 1. The maximum atomic E-state index is 13.0. The summed E-state index contributed by atoms with van der Waals surface area (Å²) in [6, 6.07) is 5.22. The van der Waals surface area contributed by atoms with Crippen LogP contribution in [-0.2, 0) is 14.6 Å². The maximum Gasteiger partial charge on any atom is 0.408 e. The molecule has 3 rings (SSSR count). The third-order valence-electron chi connectivity index (χ3n) is 5.02. The number of amides is 2. The largest absolute Gasteiger partial charge is 0.465 e. The molecule has 2 N–H and O–H groups in total. The van der Waals surface area contributed by atoms with Gasteiger partial charge >= 0.3 is 6.09 Å². The summed E-state index contributed by atoms with van der Waals surface area (Å²) in [7, 11) is -3.86. The summed E-state index contributed by atoms with van der Waals surface area (Å²) >= 11 is 5.88. The van der Waals surface area contributed by atoms with E-state index in [1.807, 2.05) is 6.07 Å². The SMILES string of the molecule is Cc1cc(Cl)ccc1S(=O)(=O)[C@@H]1C[C@@H](C(=O)NC2(C#N)CC2)N(C(=O)O)C1. The Labute approximate surface area is 161 Å². The minimum atomic E-state index is -3.86. The molecule has 2 atom stereocenters. The zero-order valence-corrected chi connectivity index (χ0v) is 16.0. The van der Waals surface area contributed by atoms with E-state index in [2.05, 4.69) is 5.32 Å². The summed E-state index contributed by atoms with van der Waals surface area (Å²) in [4.78, 5) is 25.0. The molecule has 1 saturated heterocycles. The third-order valence-corrected chi connectivity index (χ3v) is 7.55. The highest BCUT2D eigenvalue weighted by atomic mass is 35.5. The number of aryl methyl sites for hydroxylation is 1. The number of carbonyl (C=O) groups excluding carboxylic acids is 1. The number of benzene rings is 1. The smallest absolute Gasteiger partial charge is 0.408 e. The average Bonchev–Trinajstić information content (AvgIpc) is 3.19. The van der Waals surface area contributed by atoms with Crippen molar-refractivity contribution in [1.29, 1.82) is 5.26 Å². The van der Waals surface area contributed by atoms with Crippen LogP contribution in [0.5, 0.6) is 0 Å². The van der Waals surface area contributed by atoms with Crippen molar-refractivity contribution in [2.24, 2.45) is 0 Å². The van der Waals surface area contributed by atoms with Crippen LogP contribution in [0.25, 0.3) is 0 Å². The van der Waals surface area contributed by atoms with Crippen molar-refractivity contribution in [3.05, 3.63) is 28.8 Å². The summed E-state index contributed by atoms with van der Waals surface area (Å²) in [6.45, 7) is 1.30. The van der Waals surface area contributed by atoms with E-state index in [0.717, 1.165) is 4.90 Å². The lowest BCUT2D eigenvalue weighted by atomic mass is 10.2. The molecule has 1 aliphatic heterocycles. The zero-order valence-electron chi connectivity index (χ0n) is 14.5. The second-order valence-electron chi connectivity index (χ2n) is 6.95. The van der Waals surface area contributed by atoms with Crippen LogP contribution in [0.4, 0.5) is 4.79 Å². The Morgan fingerprint density at radius 3 is 2.59 bits per heavy atom. The fourth-order valence-corrected chi connectivity index (χ4v) is 5.45. The predicted molar refractivity (Wildman–Crippen MR) is 96.0 cm³/mol. The molecule has 0 unspecified atom stereocenters. The van der Waals surface area contributed by atoms with E-state index in [0.29, 0.717) is 23.4 Å². The number of hydrogen-bond donors (Lipinski definition) is 2. The van der Waals surface area contributed by atoms with Gasteiger partial charge in [-0.1, -0.05) is 11.6 Å². The number of nitrogens with one attached hydrogen (secondary N) is 1. The Balaban J connectivity index is 1.86. The van der Waals surface area contributed by atoms with Gasteiger partial charge in [-0.2, -0.15) is 5.26 Å². The van der Waals surface area contributed by atoms with Gasteiger partial charge in [-0.25, -0.2) is 13.2 Å². The molecular weight excluding hydrogens is 394 g/mol. The predicted octanol–water partition coefficient (Wildman–Crippen LogP) is 1.72. The van der Waals surface area contributed by atoms with Gasteiger partial charge in [-0.15, -0.1) is 0 Å². The molecule has 1 aliphatic carbocycles. The van der Waals surface area contributed by atoms with Crippen LogP contribution in [0.2, 0.25) is 5.02 Å². The number of carbonyl (C=O) groups is 2. The van der Waals surface area contributed by atoms with Crippen molar-refractivity contribution in [1.82, 2.24) is 10.2 Å². The fourth-order valence-electron chi connectivity index (χ4n) is 3.30. The van der Waals surface area contributed by atoms with E-state index < -0.39 is 38.7 Å². The first-order valence-corrected chi connectivity index (χ1v) is 10.2. The van der Waals surface area contributed by atoms with E-state index in [9.17, 15) is 23.1 Å². The molecule has 2 amide bonds. The topological polar surface area (TPSA) is 128 Å². The number of nitriles is 1. The fraction of sp³-hybridized carbons (Fsp3) is 0.471. The van der Waals surface area contributed by atoms with Crippen LogP contribution in [-0.4, -0.2) is 53.8 Å². The molecule has 2 aliphatic rings. The van der Waals surface area contributed by atoms with Crippen molar-refractivity contribution >= 4 is 33.4 Å². The van der Waals surface area contributed by atoms with Crippen molar-refractivity contribution in [3.63, 3.8) is 0 Å². The maximum absolute atomic E-state index is 13.0. The van der Waals surface area contributed by atoms with Crippen LogP contribution >= 0.6 is 11.6 Å². The van der Waals surface area contributed by atoms with E-state index in [4.69, 9.17) is 16.9 Å². The Hall–Kier alpha value is -2.31. The van der Waals surface area contributed by atoms with Crippen molar-refractivity contribution in [3.8, 4) is 6.07 Å². The lowest BCUT2D eigenvalue weighted by Crippen LogP contribution is -2.49. The number of rotatable bonds is 4. The molecule has 2 fully saturated rings. The summed E-state index contributed by atoms with van der Waals surface area (Å²) in [6.07, 6.45) is -0.534. The van der Waals surface area contributed by atoms with Crippen LogP contribution in [0.15, 0.2) is 23.1 Å². The number of hydrogen-bond acceptors (Lipinski definition) is 5. The molecule has 144 valence electrons. The van der Waals surface area contributed by atoms with E-state index in [1.165, 1.54) is 18.2 Å². The van der Waals surface area contributed by atoms with Crippen LogP contribution < -0.4 is 5.32 Å². The lowest BCUT2D eigenvalue weighted by molar-refractivity contribution is -0.125. The first kappa shape index (κ1) is 19.5. The number of nitrogens with zero attached hydrogens (tertiary/aromatic N) is 2. The van der Waals surface area contributed by atoms with Crippen LogP contribution in [0.1, 0.15) is 24.8 Å². The average molecular weight is 412 g/mol. The molecule has 0 spiro atoms. The molecule has 10 heteroatoms. The first-order valence-electron chi connectivity index (χ1n) is 8.32. The highest BCUT2D eigenvalue weighted by Crippen LogP contribution is 2.36. The molecule has 0 aromatic heterocycles. The highest BCUT2D eigenvalue weighted by Gasteiger charge is 2.50. The molecular formula is C17H18ClN3O5S. The minimum Gasteiger partial charge on any atom is -0.465 e. The molecule has 0 radical (unpaired) electrons. The van der Waals surface area contributed by atoms with E-state index in [-0.39, 0.29) is 17.9 Å². The Kier molecular flexibility index (Phi) is 4.82. The molecule has 1 aromatic rings. The zero-order chi connectivity index (χ0) is 20.0. The van der Waals surface area contributed by atoms with Gasteiger partial charge < -0.3 is 10.4 Å². The summed E-state index contributed by atoms with van der Waals surface area (Å²) < 4.78 is 26.0. The standard InChI is InChI=1S/C17H18ClN3O5S/c1-10-6-11(18)2-3-14(10)27(25,26)12-7-13(21(8-12)16(23)24)15(22)20-17(9-19)4-5-17/h2-3,6,12-13H,4-5,7-8H2,1H3,(H,20,22)(H,23,24)/t12-,13+/m1/s1. The van der Waals surface area contributed by atoms with Crippen molar-refractivity contribution < 1.29 is 23.1 Å². The highest BCUT2D eigenvalue weighted by molar-refractivity contribution is 7.92. The van der Waals surface area contributed by atoms with Crippen LogP contribution in [0, 0.1) is 18.3 Å². The van der Waals surface area contributed by atoms with Crippen molar-refractivity contribution in [2.45, 2.75) is 47.9 Å². The van der Waals surface area contributed by atoms with Gasteiger partial charge in [0.05, 0.1) is 16.2 Å². The number of likely N-dealkylation sites (tertiary alicyclic amines) is 1. The minimum absolute atomic E-state index is 0.0685. The first-order chi connectivity index (χ1) is 12.6. The molecule has 27 heavy (non-hydrogen) atoms. The van der Waals surface area contributed by atoms with Gasteiger partial charge in [0.25, 0.3) is 0 Å². The Bertz CT molecular complexity index is 952. The molecule has 1 heterocycles. The molecule has 8 nitrogen and oxygen atoms in total. The van der Waals surface area contributed by atoms with E-state index in [1.54, 1.807) is 6.92 Å². The monoisotopic (exact) mass is 411 g/mol. The van der Waals surface area contributed by atoms with Gasteiger partial charge in [-0.3, -0.25) is 9.69 Å². The second kappa shape index (κ2) is 6.69. The molecule has 1 saturated carbocycles. The quantitative estimate of drug-likeness (QED) is 0.776. The second-order valence-corrected chi connectivity index (χ2v) is 9.58. The number of sulfone groups is 1. The van der Waals surface area contributed by atoms with Gasteiger partial charge in [0.2, 0.25) is 5.91 Å². The third kappa shape index (κ3) is 3.59. The van der Waals surface area contributed by atoms with E-state index >= 15 is 0 Å². The Morgan fingerprint density at radius 2 is 2.07 bits per heavy atom. The summed E-state index contributed by atoms with van der Waals surface area (Å²) in [5.41, 5.74) is -0.496. The molecule has 1 aromatic carbocycles.